The molecule has 178 valence electrons. The lowest BCUT2D eigenvalue weighted by atomic mass is 9.98. The predicted molar refractivity (Wildman–Crippen MR) is 107 cm³/mol. The Morgan fingerprint density at radius 2 is 1.38 bits per heavy atom. The summed E-state index contributed by atoms with van der Waals surface area (Å²) in [7, 11) is -2.93. The molecule has 0 bridgehead atoms. The van der Waals surface area contributed by atoms with Crippen LogP contribution in [0.5, 0.6) is 0 Å². The highest BCUT2D eigenvalue weighted by atomic mass is 32.2. The van der Waals surface area contributed by atoms with E-state index in [1.807, 2.05) is 0 Å². The molecule has 2 rings (SSSR count). The van der Waals surface area contributed by atoms with Crippen molar-refractivity contribution in [3.05, 3.63) is 29.8 Å². The van der Waals surface area contributed by atoms with Crippen LogP contribution in [0.25, 0.3) is 0 Å². The van der Waals surface area contributed by atoms with Gasteiger partial charge in [-0.3, -0.25) is 18.6 Å². The largest absolute Gasteiger partial charge is 0.456 e. The van der Waals surface area contributed by atoms with E-state index in [-0.39, 0.29) is 4.90 Å². The molecular weight excluding hydrogens is 448 g/mol. The molecule has 1 aliphatic heterocycles. The lowest BCUT2D eigenvalue weighted by Crippen LogP contribution is -2.62. The zero-order valence-corrected chi connectivity index (χ0v) is 19.1. The van der Waals surface area contributed by atoms with Crippen molar-refractivity contribution in [3.8, 4) is 0 Å². The van der Waals surface area contributed by atoms with Crippen molar-refractivity contribution in [2.45, 2.75) is 63.3 Å². The maximum Gasteiger partial charge on any atom is 0.303 e. The van der Waals surface area contributed by atoms with Gasteiger partial charge in [-0.05, 0) is 19.1 Å². The maximum absolute atomic E-state index is 12.6. The zero-order valence-electron chi connectivity index (χ0n) is 18.3. The van der Waals surface area contributed by atoms with E-state index in [0.29, 0.717) is 0 Å². The number of methoxy groups -OCH3 is 1. The number of aryl methyl sites for hydroxylation is 1. The van der Waals surface area contributed by atoms with E-state index in [9.17, 15) is 22.8 Å². The summed E-state index contributed by atoms with van der Waals surface area (Å²) in [4.78, 5) is 34.9. The van der Waals surface area contributed by atoms with Gasteiger partial charge in [0.25, 0.3) is 10.1 Å². The zero-order chi connectivity index (χ0) is 24.1. The Kier molecular flexibility index (Phi) is 8.73. The summed E-state index contributed by atoms with van der Waals surface area (Å²) < 4.78 is 56.8. The van der Waals surface area contributed by atoms with Crippen molar-refractivity contribution in [3.63, 3.8) is 0 Å². The number of hydrogen-bond donors (Lipinski definition) is 0. The number of carbonyl (C=O) groups excluding carboxylic acids is 3. The molecule has 32 heavy (non-hydrogen) atoms. The first kappa shape index (κ1) is 25.7. The van der Waals surface area contributed by atoms with Crippen LogP contribution in [-0.4, -0.2) is 70.7 Å². The first-order valence-electron chi connectivity index (χ1n) is 9.60. The van der Waals surface area contributed by atoms with Crippen molar-refractivity contribution >= 4 is 28.0 Å². The second-order valence-corrected chi connectivity index (χ2v) is 8.67. The molecule has 11 nitrogen and oxygen atoms in total. The lowest BCUT2D eigenvalue weighted by Gasteiger charge is -2.43. The fraction of sp³-hybridized carbons (Fsp3) is 0.550. The molecule has 12 heteroatoms. The van der Waals surface area contributed by atoms with Gasteiger partial charge >= 0.3 is 17.9 Å². The summed E-state index contributed by atoms with van der Waals surface area (Å²) >= 11 is 0. The van der Waals surface area contributed by atoms with Gasteiger partial charge < -0.3 is 23.7 Å². The van der Waals surface area contributed by atoms with Crippen LogP contribution in [0, 0.1) is 6.92 Å². The van der Waals surface area contributed by atoms with Crippen LogP contribution in [-0.2, 0) is 52.4 Å². The number of esters is 3. The SMILES string of the molecule is CO[C@@H]1O[C@H](COS(=O)(=O)c2ccc(C)cc2)[C@H](OC(C)=O)[C@H](OC(C)=O)[C@H]1OC(C)=O. The van der Waals surface area contributed by atoms with E-state index in [1.54, 1.807) is 19.1 Å². The smallest absolute Gasteiger partial charge is 0.303 e. The first-order chi connectivity index (χ1) is 14.9. The summed E-state index contributed by atoms with van der Waals surface area (Å²) in [5.41, 5.74) is 0.859. The second kappa shape index (κ2) is 10.9. The Bertz CT molecular complexity index is 925. The topological polar surface area (TPSA) is 141 Å². The van der Waals surface area contributed by atoms with E-state index in [0.717, 1.165) is 26.3 Å². The fourth-order valence-electron chi connectivity index (χ4n) is 3.11. The average Bonchev–Trinajstić information content (AvgIpc) is 2.69. The van der Waals surface area contributed by atoms with Gasteiger partial charge in [0.1, 0.15) is 6.10 Å². The molecule has 1 heterocycles. The number of rotatable bonds is 8. The Labute approximate surface area is 186 Å². The fourth-order valence-corrected chi connectivity index (χ4v) is 4.03. The van der Waals surface area contributed by atoms with Gasteiger partial charge in [-0.2, -0.15) is 8.42 Å². The number of carbonyl (C=O) groups is 3. The van der Waals surface area contributed by atoms with Crippen molar-refractivity contribution in [1.82, 2.24) is 0 Å². The third kappa shape index (κ3) is 6.73. The third-order valence-electron chi connectivity index (χ3n) is 4.43. The Morgan fingerprint density at radius 1 is 0.875 bits per heavy atom. The molecule has 0 amide bonds. The second-order valence-electron chi connectivity index (χ2n) is 7.05. The Balaban J connectivity index is 2.33. The molecule has 0 radical (unpaired) electrons. The summed E-state index contributed by atoms with van der Waals surface area (Å²) in [6.45, 7) is 4.55. The minimum Gasteiger partial charge on any atom is -0.456 e. The lowest BCUT2D eigenvalue weighted by molar-refractivity contribution is -0.300. The highest BCUT2D eigenvalue weighted by molar-refractivity contribution is 7.86. The highest BCUT2D eigenvalue weighted by Gasteiger charge is 2.52. The molecule has 0 aromatic heterocycles. The van der Waals surface area contributed by atoms with Crippen LogP contribution in [0.4, 0.5) is 0 Å². The predicted octanol–water partition coefficient (Wildman–Crippen LogP) is 0.867. The van der Waals surface area contributed by atoms with Crippen LogP contribution in [0.2, 0.25) is 0 Å². The molecule has 0 saturated carbocycles. The molecule has 1 aliphatic rings. The third-order valence-corrected chi connectivity index (χ3v) is 5.72. The summed E-state index contributed by atoms with van der Waals surface area (Å²) in [5.74, 6) is -2.25. The average molecular weight is 474 g/mol. The highest BCUT2D eigenvalue weighted by Crippen LogP contribution is 2.30. The molecule has 0 aliphatic carbocycles. The molecule has 1 fully saturated rings. The van der Waals surface area contributed by atoms with Gasteiger partial charge in [-0.1, -0.05) is 17.7 Å². The molecule has 0 spiro atoms. The van der Waals surface area contributed by atoms with E-state index >= 15 is 0 Å². The molecule has 1 aromatic rings. The van der Waals surface area contributed by atoms with Crippen LogP contribution in [0.15, 0.2) is 29.2 Å². The van der Waals surface area contributed by atoms with Gasteiger partial charge in [-0.25, -0.2) is 0 Å². The number of ether oxygens (including phenoxy) is 5. The van der Waals surface area contributed by atoms with E-state index in [4.69, 9.17) is 27.9 Å². The van der Waals surface area contributed by atoms with Crippen molar-refractivity contribution < 1.29 is 50.7 Å². The molecule has 1 aromatic carbocycles. The maximum atomic E-state index is 12.6. The first-order valence-corrected chi connectivity index (χ1v) is 11.0. The molecule has 1 saturated heterocycles. The van der Waals surface area contributed by atoms with Gasteiger partial charge in [0.2, 0.25) is 0 Å². The quantitative estimate of drug-likeness (QED) is 0.301. The standard InChI is InChI=1S/C20H26O11S/c1-11-6-8-15(9-7-11)32(24,25)27-10-16-17(28-12(2)21)18(29-13(3)22)19(30-14(4)23)20(26-5)31-16/h6-9,16-20H,10H2,1-5H3/t16-,17+,18+,19-,20-/m1/s1. The minimum absolute atomic E-state index is 0.0828. The van der Waals surface area contributed by atoms with Crippen molar-refractivity contribution in [2.75, 3.05) is 13.7 Å². The van der Waals surface area contributed by atoms with Gasteiger partial charge in [0, 0.05) is 27.9 Å². The number of benzene rings is 1. The Morgan fingerprint density at radius 3 is 1.88 bits per heavy atom. The van der Waals surface area contributed by atoms with E-state index in [2.05, 4.69) is 0 Å². The van der Waals surface area contributed by atoms with Crippen LogP contribution in [0.3, 0.4) is 0 Å². The van der Waals surface area contributed by atoms with Crippen LogP contribution >= 0.6 is 0 Å². The van der Waals surface area contributed by atoms with E-state index < -0.39 is 65.3 Å². The van der Waals surface area contributed by atoms with Crippen molar-refractivity contribution in [1.29, 1.82) is 0 Å². The van der Waals surface area contributed by atoms with Gasteiger partial charge in [0.15, 0.2) is 24.6 Å². The van der Waals surface area contributed by atoms with Gasteiger partial charge in [-0.15, -0.1) is 0 Å². The normalized spacial score (nSPS) is 25.6. The number of hydrogen-bond acceptors (Lipinski definition) is 11. The minimum atomic E-state index is -4.18. The Hall–Kier alpha value is -2.54. The summed E-state index contributed by atoms with van der Waals surface area (Å²) in [5, 5.41) is 0. The van der Waals surface area contributed by atoms with Crippen LogP contribution in [0.1, 0.15) is 26.3 Å². The molecule has 5 atom stereocenters. The van der Waals surface area contributed by atoms with E-state index in [1.165, 1.54) is 19.2 Å². The molecule has 0 unspecified atom stereocenters. The summed E-state index contributed by atoms with van der Waals surface area (Å²) in [6.07, 6.45) is -6.46. The molecule has 0 N–H and O–H groups in total. The molecular formula is C20H26O11S. The van der Waals surface area contributed by atoms with Gasteiger partial charge in [0.05, 0.1) is 11.5 Å². The van der Waals surface area contributed by atoms with Crippen molar-refractivity contribution in [2.24, 2.45) is 0 Å². The van der Waals surface area contributed by atoms with Crippen LogP contribution < -0.4 is 0 Å². The summed E-state index contributed by atoms with van der Waals surface area (Å²) in [6, 6.07) is 5.98. The monoisotopic (exact) mass is 474 g/mol.